The third-order valence-electron chi connectivity index (χ3n) is 6.04. The first kappa shape index (κ1) is 17.8. The molecule has 142 valence electrons. The van der Waals surface area contributed by atoms with Gasteiger partial charge in [-0.05, 0) is 48.9 Å². The third kappa shape index (κ3) is 3.03. The molecule has 2 N–H and O–H groups in total. The summed E-state index contributed by atoms with van der Waals surface area (Å²) in [7, 11) is 0. The van der Waals surface area contributed by atoms with E-state index in [4.69, 9.17) is 10.5 Å². The number of fused-ring (bicyclic) bond motifs is 2. The maximum Gasteiger partial charge on any atom is 0.310 e. The quantitative estimate of drug-likeness (QED) is 0.652. The van der Waals surface area contributed by atoms with E-state index in [9.17, 15) is 14.4 Å². The molecule has 2 aliphatic carbocycles. The molecular weight excluding hydrogens is 344 g/mol. The number of carbonyl (C=O) groups excluding carboxylic acids is 3. The smallest absolute Gasteiger partial charge is 0.310 e. The number of benzene rings is 1. The number of hydrogen-bond acceptors (Lipinski definition) is 4. The number of primary amides is 1. The van der Waals surface area contributed by atoms with Crippen molar-refractivity contribution in [1.82, 2.24) is 0 Å². The van der Waals surface area contributed by atoms with Crippen LogP contribution in [0.1, 0.15) is 37.0 Å². The predicted octanol–water partition coefficient (Wildman–Crippen LogP) is 2.28. The molecule has 2 bridgehead atoms. The molecule has 1 heterocycles. The molecule has 27 heavy (non-hydrogen) atoms. The van der Waals surface area contributed by atoms with E-state index in [1.807, 2.05) is 13.8 Å². The molecule has 6 nitrogen and oxygen atoms in total. The van der Waals surface area contributed by atoms with Crippen LogP contribution in [0.15, 0.2) is 36.4 Å². The summed E-state index contributed by atoms with van der Waals surface area (Å²) in [5, 5.41) is 0. The second kappa shape index (κ2) is 6.22. The summed E-state index contributed by atoms with van der Waals surface area (Å²) in [6.45, 7) is 4.30. The molecule has 1 saturated carbocycles. The van der Waals surface area contributed by atoms with Gasteiger partial charge in [0.15, 0.2) is 6.10 Å². The van der Waals surface area contributed by atoms with Crippen LogP contribution in [0.2, 0.25) is 0 Å². The Bertz CT molecular complexity index is 827. The van der Waals surface area contributed by atoms with Gasteiger partial charge in [0.05, 0.1) is 5.92 Å². The highest BCUT2D eigenvalue weighted by atomic mass is 16.6. The molecule has 0 aromatic heterocycles. The van der Waals surface area contributed by atoms with Gasteiger partial charge in [-0.25, -0.2) is 0 Å². The number of nitrogens with two attached hydrogens (primary N) is 1. The van der Waals surface area contributed by atoms with Crippen molar-refractivity contribution in [2.24, 2.45) is 28.9 Å². The first-order valence-corrected chi connectivity index (χ1v) is 9.36. The molecule has 1 saturated heterocycles. The Morgan fingerprint density at radius 2 is 1.85 bits per heavy atom. The van der Waals surface area contributed by atoms with Crippen LogP contribution in [0.4, 0.5) is 5.69 Å². The highest BCUT2D eigenvalue weighted by Gasteiger charge is 2.51. The van der Waals surface area contributed by atoms with Crippen LogP contribution in [0, 0.1) is 23.2 Å². The first-order chi connectivity index (χ1) is 12.8. The second-order valence-electron chi connectivity index (χ2n) is 8.53. The maximum absolute atomic E-state index is 13.0. The summed E-state index contributed by atoms with van der Waals surface area (Å²) >= 11 is 0. The highest BCUT2D eigenvalue weighted by molar-refractivity contribution is 6.01. The van der Waals surface area contributed by atoms with Gasteiger partial charge >= 0.3 is 5.97 Å². The number of rotatable bonds is 4. The minimum atomic E-state index is -0.802. The second-order valence-corrected chi connectivity index (χ2v) is 8.53. The van der Waals surface area contributed by atoms with Gasteiger partial charge in [0.2, 0.25) is 5.91 Å². The van der Waals surface area contributed by atoms with E-state index in [1.165, 1.54) is 0 Å². The molecule has 0 radical (unpaired) electrons. The van der Waals surface area contributed by atoms with Crippen molar-refractivity contribution in [3.8, 4) is 0 Å². The zero-order valence-corrected chi connectivity index (χ0v) is 15.6. The molecule has 4 atom stereocenters. The minimum Gasteiger partial charge on any atom is -0.451 e. The third-order valence-corrected chi connectivity index (χ3v) is 6.04. The van der Waals surface area contributed by atoms with Crippen molar-refractivity contribution in [3.63, 3.8) is 0 Å². The molecule has 2 fully saturated rings. The lowest BCUT2D eigenvalue weighted by molar-refractivity contribution is -0.163. The average Bonchev–Trinajstić information content (AvgIpc) is 3.31. The van der Waals surface area contributed by atoms with Gasteiger partial charge in [0.25, 0.3) is 5.91 Å². The van der Waals surface area contributed by atoms with Crippen LogP contribution in [-0.2, 0) is 14.3 Å². The Hall–Kier alpha value is -2.63. The number of ether oxygens (including phenoxy) is 1. The van der Waals surface area contributed by atoms with Gasteiger partial charge in [0.1, 0.15) is 0 Å². The summed E-state index contributed by atoms with van der Waals surface area (Å²) in [6, 6.07) is 6.58. The van der Waals surface area contributed by atoms with Gasteiger partial charge < -0.3 is 15.4 Å². The number of allylic oxidation sites excluding steroid dienone is 2. The fraction of sp³-hybridized carbons (Fsp3) is 0.476. The fourth-order valence-corrected chi connectivity index (χ4v) is 4.53. The number of amides is 2. The molecule has 4 rings (SSSR count). The molecule has 0 spiro atoms. The summed E-state index contributed by atoms with van der Waals surface area (Å²) in [6.07, 6.45) is 5.31. The summed E-state index contributed by atoms with van der Waals surface area (Å²) in [4.78, 5) is 38.6. The van der Waals surface area contributed by atoms with Crippen LogP contribution in [0.25, 0.3) is 0 Å². The van der Waals surface area contributed by atoms with Crippen LogP contribution in [0.5, 0.6) is 0 Å². The van der Waals surface area contributed by atoms with Gasteiger partial charge in [-0.3, -0.25) is 14.4 Å². The normalized spacial score (nSPS) is 30.7. The summed E-state index contributed by atoms with van der Waals surface area (Å²) in [5.41, 5.74) is 5.82. The van der Waals surface area contributed by atoms with E-state index < -0.39 is 17.4 Å². The van der Waals surface area contributed by atoms with Gasteiger partial charge in [-0.2, -0.15) is 0 Å². The van der Waals surface area contributed by atoms with E-state index in [0.29, 0.717) is 23.7 Å². The molecular formula is C21H24N2O4. The summed E-state index contributed by atoms with van der Waals surface area (Å²) < 4.78 is 5.75. The van der Waals surface area contributed by atoms with Crippen molar-refractivity contribution in [2.75, 3.05) is 11.4 Å². The van der Waals surface area contributed by atoms with Crippen molar-refractivity contribution in [3.05, 3.63) is 42.0 Å². The zero-order chi connectivity index (χ0) is 19.3. The molecule has 2 amide bonds. The first-order valence-electron chi connectivity index (χ1n) is 9.36. The number of carbonyl (C=O) groups is 3. The Labute approximate surface area is 158 Å². The topological polar surface area (TPSA) is 89.7 Å². The number of anilines is 1. The molecule has 2 unspecified atom stereocenters. The number of nitrogens with zero attached hydrogens (tertiary/aromatic N) is 1. The average molecular weight is 368 g/mol. The standard InChI is InChI=1S/C21H24N2O4/c1-21(2)11-23(15-7-5-13(6-8-15)18(22)24)19(25)17(21)27-20(26)16-10-12-3-4-14(16)9-12/h3-8,12,14,16-17H,9-11H2,1-2H3,(H2,22,24)/t12-,14+,16?,17?/m1/s1. The van der Waals surface area contributed by atoms with Gasteiger partial charge in [-0.1, -0.05) is 26.0 Å². The predicted molar refractivity (Wildman–Crippen MR) is 99.8 cm³/mol. The number of esters is 1. The fourth-order valence-electron chi connectivity index (χ4n) is 4.53. The van der Waals surface area contributed by atoms with Crippen LogP contribution in [0.3, 0.4) is 0 Å². The Balaban J connectivity index is 1.50. The van der Waals surface area contributed by atoms with E-state index in [-0.39, 0.29) is 23.7 Å². The van der Waals surface area contributed by atoms with E-state index >= 15 is 0 Å². The van der Waals surface area contributed by atoms with Crippen LogP contribution < -0.4 is 10.6 Å². The van der Waals surface area contributed by atoms with Crippen molar-refractivity contribution in [1.29, 1.82) is 0 Å². The lowest BCUT2D eigenvalue weighted by Crippen LogP contribution is -2.38. The van der Waals surface area contributed by atoms with Crippen molar-refractivity contribution >= 4 is 23.5 Å². The van der Waals surface area contributed by atoms with Crippen molar-refractivity contribution in [2.45, 2.75) is 32.8 Å². The Morgan fingerprint density at radius 1 is 1.15 bits per heavy atom. The molecule has 1 aliphatic heterocycles. The monoisotopic (exact) mass is 368 g/mol. The lowest BCUT2D eigenvalue weighted by Gasteiger charge is -2.26. The maximum atomic E-state index is 13.0. The van der Waals surface area contributed by atoms with E-state index in [0.717, 1.165) is 12.8 Å². The van der Waals surface area contributed by atoms with Gasteiger partial charge in [0, 0.05) is 23.2 Å². The van der Waals surface area contributed by atoms with Gasteiger partial charge in [-0.15, -0.1) is 0 Å². The Morgan fingerprint density at radius 3 is 2.41 bits per heavy atom. The zero-order valence-electron chi connectivity index (χ0n) is 15.6. The largest absolute Gasteiger partial charge is 0.451 e. The van der Waals surface area contributed by atoms with E-state index in [1.54, 1.807) is 29.2 Å². The van der Waals surface area contributed by atoms with E-state index in [2.05, 4.69) is 12.2 Å². The summed E-state index contributed by atoms with van der Waals surface area (Å²) in [5.74, 6) is -0.406. The minimum absolute atomic E-state index is 0.132. The molecule has 1 aromatic carbocycles. The molecule has 6 heteroatoms. The SMILES string of the molecule is CC1(C)CN(c2ccc(C(N)=O)cc2)C(=O)C1OC(=O)C1C[C@@H]2C=C[C@H]1C2. The lowest BCUT2D eigenvalue weighted by atomic mass is 9.89. The van der Waals surface area contributed by atoms with Crippen LogP contribution in [-0.4, -0.2) is 30.4 Å². The van der Waals surface area contributed by atoms with Crippen LogP contribution >= 0.6 is 0 Å². The number of hydrogen-bond donors (Lipinski definition) is 1. The molecule has 3 aliphatic rings. The Kier molecular flexibility index (Phi) is 4.09. The van der Waals surface area contributed by atoms with Crippen molar-refractivity contribution < 1.29 is 19.1 Å². The molecule has 1 aromatic rings. The highest BCUT2D eigenvalue weighted by Crippen LogP contribution is 2.45.